The minimum absolute atomic E-state index is 0.183. The van der Waals surface area contributed by atoms with Gasteiger partial charge in [0.1, 0.15) is 6.10 Å². The minimum Gasteiger partial charge on any atom is -0.455 e. The molecule has 23 heavy (non-hydrogen) atoms. The number of Topliss-reactive ketones (excluding diaryl/α,β-unsaturated/α-hetero) is 1. The molecule has 1 rings (SSSR count). The van der Waals surface area contributed by atoms with Crippen LogP contribution < -0.4 is 0 Å². The van der Waals surface area contributed by atoms with Gasteiger partial charge in [-0.2, -0.15) is 0 Å². The standard InChI is InChI=1S/C18H30O5/c1-3-4-5-6-7-8-9-10-11-15(20)18(22)16(21)12-13-17(18)23-14(2)19/h12-13,16-17,21-22H,3-11H2,1-2H3/t16-,17+,18+/m1/s1. The Hall–Kier alpha value is -1.20. The Kier molecular flexibility index (Phi) is 8.48. The van der Waals surface area contributed by atoms with Crippen molar-refractivity contribution in [3.63, 3.8) is 0 Å². The first-order valence-electron chi connectivity index (χ1n) is 8.72. The number of unbranched alkanes of at least 4 members (excludes halogenated alkanes) is 7. The van der Waals surface area contributed by atoms with Crippen LogP contribution in [-0.4, -0.2) is 39.8 Å². The van der Waals surface area contributed by atoms with Crippen molar-refractivity contribution in [3.8, 4) is 0 Å². The van der Waals surface area contributed by atoms with E-state index < -0.39 is 29.6 Å². The Morgan fingerprint density at radius 3 is 2.17 bits per heavy atom. The lowest BCUT2D eigenvalue weighted by Gasteiger charge is -2.30. The molecule has 0 aromatic rings. The van der Waals surface area contributed by atoms with Crippen molar-refractivity contribution in [1.82, 2.24) is 0 Å². The average Bonchev–Trinajstić information content (AvgIpc) is 2.78. The first-order chi connectivity index (χ1) is 10.9. The quantitative estimate of drug-likeness (QED) is 0.346. The van der Waals surface area contributed by atoms with Gasteiger partial charge in [-0.05, 0) is 12.5 Å². The van der Waals surface area contributed by atoms with Crippen molar-refractivity contribution >= 4 is 11.8 Å². The zero-order valence-corrected chi connectivity index (χ0v) is 14.3. The highest BCUT2D eigenvalue weighted by atomic mass is 16.6. The van der Waals surface area contributed by atoms with E-state index in [1.54, 1.807) is 0 Å². The maximum absolute atomic E-state index is 12.3. The Morgan fingerprint density at radius 2 is 1.61 bits per heavy atom. The average molecular weight is 326 g/mol. The van der Waals surface area contributed by atoms with E-state index in [0.29, 0.717) is 6.42 Å². The predicted molar refractivity (Wildman–Crippen MR) is 87.9 cm³/mol. The summed E-state index contributed by atoms with van der Waals surface area (Å²) in [6.45, 7) is 3.40. The molecule has 0 saturated heterocycles. The Balaban J connectivity index is 2.33. The van der Waals surface area contributed by atoms with Gasteiger partial charge in [-0.15, -0.1) is 0 Å². The molecule has 1 aliphatic carbocycles. The third-order valence-electron chi connectivity index (χ3n) is 4.35. The van der Waals surface area contributed by atoms with Gasteiger partial charge in [-0.3, -0.25) is 9.59 Å². The second kappa shape index (κ2) is 9.83. The second-order valence-electron chi connectivity index (χ2n) is 6.33. The predicted octanol–water partition coefficient (Wildman–Crippen LogP) is 2.68. The van der Waals surface area contributed by atoms with Gasteiger partial charge in [-0.25, -0.2) is 0 Å². The summed E-state index contributed by atoms with van der Waals surface area (Å²) in [5, 5.41) is 20.4. The van der Waals surface area contributed by atoms with Crippen LogP contribution in [0.5, 0.6) is 0 Å². The fourth-order valence-corrected chi connectivity index (χ4v) is 2.92. The van der Waals surface area contributed by atoms with E-state index in [4.69, 9.17) is 4.74 Å². The summed E-state index contributed by atoms with van der Waals surface area (Å²) < 4.78 is 4.94. The summed E-state index contributed by atoms with van der Waals surface area (Å²) in [5.74, 6) is -1.06. The van der Waals surface area contributed by atoms with E-state index in [-0.39, 0.29) is 6.42 Å². The third kappa shape index (κ3) is 5.74. The number of ether oxygens (including phenoxy) is 1. The summed E-state index contributed by atoms with van der Waals surface area (Å²) in [4.78, 5) is 23.4. The number of rotatable bonds is 11. The second-order valence-corrected chi connectivity index (χ2v) is 6.33. The number of hydrogen-bond acceptors (Lipinski definition) is 5. The molecule has 0 fully saturated rings. The monoisotopic (exact) mass is 326 g/mol. The van der Waals surface area contributed by atoms with Crippen LogP contribution in [0.15, 0.2) is 12.2 Å². The Bertz CT molecular complexity index is 418. The van der Waals surface area contributed by atoms with E-state index >= 15 is 0 Å². The van der Waals surface area contributed by atoms with Gasteiger partial charge in [0.2, 0.25) is 0 Å². The summed E-state index contributed by atoms with van der Waals surface area (Å²) in [6.07, 6.45) is 9.26. The Labute approximate surface area is 138 Å². The van der Waals surface area contributed by atoms with Gasteiger partial charge in [0, 0.05) is 13.3 Å². The van der Waals surface area contributed by atoms with Crippen LogP contribution in [0, 0.1) is 0 Å². The molecule has 0 spiro atoms. The van der Waals surface area contributed by atoms with Gasteiger partial charge in [0.25, 0.3) is 0 Å². The van der Waals surface area contributed by atoms with Crippen molar-refractivity contribution in [1.29, 1.82) is 0 Å². The van der Waals surface area contributed by atoms with Crippen LogP contribution in [0.2, 0.25) is 0 Å². The summed E-state index contributed by atoms with van der Waals surface area (Å²) >= 11 is 0. The molecule has 0 aromatic carbocycles. The topological polar surface area (TPSA) is 83.8 Å². The molecule has 0 saturated carbocycles. The van der Waals surface area contributed by atoms with Gasteiger partial charge >= 0.3 is 5.97 Å². The van der Waals surface area contributed by atoms with Crippen molar-refractivity contribution in [2.75, 3.05) is 0 Å². The molecular weight excluding hydrogens is 296 g/mol. The van der Waals surface area contributed by atoms with Crippen LogP contribution in [0.4, 0.5) is 0 Å². The summed E-state index contributed by atoms with van der Waals surface area (Å²) in [7, 11) is 0. The van der Waals surface area contributed by atoms with Crippen molar-refractivity contribution < 1.29 is 24.5 Å². The number of aliphatic hydroxyl groups excluding tert-OH is 1. The first kappa shape index (κ1) is 19.8. The molecule has 5 nitrogen and oxygen atoms in total. The van der Waals surface area contributed by atoms with E-state index in [1.807, 2.05) is 0 Å². The lowest BCUT2D eigenvalue weighted by atomic mass is 9.88. The van der Waals surface area contributed by atoms with Gasteiger partial charge < -0.3 is 14.9 Å². The largest absolute Gasteiger partial charge is 0.455 e. The van der Waals surface area contributed by atoms with Crippen LogP contribution in [-0.2, 0) is 14.3 Å². The maximum atomic E-state index is 12.3. The molecule has 132 valence electrons. The lowest BCUT2D eigenvalue weighted by molar-refractivity contribution is -0.172. The zero-order chi connectivity index (χ0) is 17.3. The molecular formula is C18H30O5. The molecule has 2 N–H and O–H groups in total. The fraction of sp³-hybridized carbons (Fsp3) is 0.778. The Morgan fingerprint density at radius 1 is 1.04 bits per heavy atom. The van der Waals surface area contributed by atoms with Crippen LogP contribution >= 0.6 is 0 Å². The lowest BCUT2D eigenvalue weighted by Crippen LogP contribution is -2.55. The smallest absolute Gasteiger partial charge is 0.303 e. The minimum atomic E-state index is -2.03. The van der Waals surface area contributed by atoms with Crippen molar-refractivity contribution in [2.24, 2.45) is 0 Å². The molecule has 0 aromatic heterocycles. The third-order valence-corrected chi connectivity index (χ3v) is 4.35. The highest BCUT2D eigenvalue weighted by molar-refractivity contribution is 5.90. The first-order valence-corrected chi connectivity index (χ1v) is 8.72. The molecule has 5 heteroatoms. The maximum Gasteiger partial charge on any atom is 0.303 e. The molecule has 0 aliphatic heterocycles. The van der Waals surface area contributed by atoms with E-state index in [1.165, 1.54) is 51.2 Å². The van der Waals surface area contributed by atoms with E-state index in [2.05, 4.69) is 6.92 Å². The molecule has 0 radical (unpaired) electrons. The number of ketones is 1. The van der Waals surface area contributed by atoms with Crippen LogP contribution in [0.25, 0.3) is 0 Å². The van der Waals surface area contributed by atoms with Gasteiger partial charge in [-0.1, -0.05) is 57.9 Å². The zero-order valence-electron chi connectivity index (χ0n) is 14.3. The molecule has 1 aliphatic rings. The SMILES string of the molecule is CCCCCCCCCCC(=O)[C@]1(O)[C@H](O)C=C[C@@H]1OC(C)=O. The van der Waals surface area contributed by atoms with Gasteiger partial charge in [0.05, 0.1) is 0 Å². The van der Waals surface area contributed by atoms with E-state index in [0.717, 1.165) is 12.8 Å². The number of carbonyl (C=O) groups is 2. The highest BCUT2D eigenvalue weighted by Gasteiger charge is 2.52. The normalized spacial score (nSPS) is 26.4. The molecule has 3 atom stereocenters. The van der Waals surface area contributed by atoms with Crippen molar-refractivity contribution in [2.45, 2.75) is 89.4 Å². The summed E-state index contributed by atoms with van der Waals surface area (Å²) in [5.41, 5.74) is -2.03. The molecule has 0 bridgehead atoms. The van der Waals surface area contributed by atoms with Gasteiger partial charge in [0.15, 0.2) is 17.5 Å². The highest BCUT2D eigenvalue weighted by Crippen LogP contribution is 2.30. The molecule has 0 unspecified atom stereocenters. The fourth-order valence-electron chi connectivity index (χ4n) is 2.92. The van der Waals surface area contributed by atoms with Crippen LogP contribution in [0.1, 0.15) is 71.6 Å². The summed E-state index contributed by atoms with van der Waals surface area (Å²) in [6, 6.07) is 0. The number of esters is 1. The van der Waals surface area contributed by atoms with E-state index in [9.17, 15) is 19.8 Å². The number of carbonyl (C=O) groups excluding carboxylic acids is 2. The van der Waals surface area contributed by atoms with Crippen LogP contribution in [0.3, 0.4) is 0 Å². The molecule has 0 heterocycles. The molecule has 0 amide bonds. The number of hydrogen-bond donors (Lipinski definition) is 2. The van der Waals surface area contributed by atoms with Crippen molar-refractivity contribution in [3.05, 3.63) is 12.2 Å². The number of aliphatic hydroxyl groups is 2.